The van der Waals surface area contributed by atoms with E-state index in [-0.39, 0.29) is 5.91 Å². The summed E-state index contributed by atoms with van der Waals surface area (Å²) >= 11 is 0. The van der Waals surface area contributed by atoms with Gasteiger partial charge in [0, 0.05) is 25.6 Å². The highest BCUT2D eigenvalue weighted by Gasteiger charge is 2.22. The van der Waals surface area contributed by atoms with Gasteiger partial charge in [0.2, 0.25) is 5.91 Å². The summed E-state index contributed by atoms with van der Waals surface area (Å²) in [6, 6.07) is 0.533. The van der Waals surface area contributed by atoms with Gasteiger partial charge < -0.3 is 14.8 Å². The van der Waals surface area contributed by atoms with Gasteiger partial charge in [-0.1, -0.05) is 6.42 Å². The molecule has 0 spiro atoms. The lowest BCUT2D eigenvalue weighted by molar-refractivity contribution is -0.133. The molecule has 2 aliphatic heterocycles. The molecule has 0 radical (unpaired) electrons. The second-order valence-electron chi connectivity index (χ2n) is 5.44. The molecule has 19 heavy (non-hydrogen) atoms. The number of carbonyl (C=O) groups excluding carboxylic acids is 1. The van der Waals surface area contributed by atoms with Crippen molar-refractivity contribution in [3.05, 3.63) is 12.2 Å². The first-order valence-electron chi connectivity index (χ1n) is 7.21. The fourth-order valence-corrected chi connectivity index (χ4v) is 2.91. The first kappa shape index (κ1) is 12.6. The summed E-state index contributed by atoms with van der Waals surface area (Å²) in [4.78, 5) is 14.1. The van der Waals surface area contributed by atoms with Gasteiger partial charge in [-0.05, 0) is 25.8 Å². The van der Waals surface area contributed by atoms with Crippen LogP contribution in [0.2, 0.25) is 0 Å². The van der Waals surface area contributed by atoms with E-state index in [2.05, 4.69) is 15.5 Å². The number of fused-ring (bicyclic) bond motifs is 1. The number of aromatic nitrogens is 3. The van der Waals surface area contributed by atoms with Crippen LogP contribution in [0.3, 0.4) is 0 Å². The summed E-state index contributed by atoms with van der Waals surface area (Å²) in [7, 11) is 0. The summed E-state index contributed by atoms with van der Waals surface area (Å²) in [6.45, 7) is 3.31. The number of amides is 1. The standard InChI is InChI=1S/C13H21N5O/c19-13(5-4-11-3-1-2-6-14-11)17-7-8-18-10-15-16-12(18)9-17/h10-11,14H,1-9H2. The fourth-order valence-electron chi connectivity index (χ4n) is 2.91. The molecule has 2 aliphatic rings. The Balaban J connectivity index is 1.48. The lowest BCUT2D eigenvalue weighted by Crippen LogP contribution is -2.40. The third-order valence-corrected chi connectivity index (χ3v) is 4.11. The molecule has 104 valence electrons. The summed E-state index contributed by atoms with van der Waals surface area (Å²) in [5, 5.41) is 11.4. The Morgan fingerprint density at radius 1 is 1.42 bits per heavy atom. The molecule has 1 N–H and O–H groups in total. The second-order valence-corrected chi connectivity index (χ2v) is 5.44. The summed E-state index contributed by atoms with van der Waals surface area (Å²) < 4.78 is 2.02. The Morgan fingerprint density at radius 2 is 2.37 bits per heavy atom. The number of nitrogens with one attached hydrogen (secondary N) is 1. The number of carbonyl (C=O) groups is 1. The molecule has 6 nitrogen and oxygen atoms in total. The highest BCUT2D eigenvalue weighted by Crippen LogP contribution is 2.15. The molecule has 0 bridgehead atoms. The van der Waals surface area contributed by atoms with E-state index in [1.54, 1.807) is 6.33 Å². The molecule has 3 rings (SSSR count). The first-order chi connectivity index (χ1) is 9.33. The van der Waals surface area contributed by atoms with Gasteiger partial charge in [0.15, 0.2) is 5.82 Å². The third kappa shape index (κ3) is 2.94. The van der Waals surface area contributed by atoms with Crippen molar-refractivity contribution in [2.75, 3.05) is 13.1 Å². The van der Waals surface area contributed by atoms with E-state index in [9.17, 15) is 4.79 Å². The van der Waals surface area contributed by atoms with Crippen molar-refractivity contribution in [1.82, 2.24) is 25.0 Å². The quantitative estimate of drug-likeness (QED) is 0.864. The van der Waals surface area contributed by atoms with Crippen LogP contribution in [-0.4, -0.2) is 44.7 Å². The molecule has 1 aromatic heterocycles. The molecule has 0 saturated carbocycles. The van der Waals surface area contributed by atoms with E-state index >= 15 is 0 Å². The van der Waals surface area contributed by atoms with Crippen molar-refractivity contribution in [3.8, 4) is 0 Å². The summed E-state index contributed by atoms with van der Waals surface area (Å²) in [6.07, 6.45) is 7.11. The zero-order valence-corrected chi connectivity index (χ0v) is 11.2. The molecule has 1 amide bonds. The smallest absolute Gasteiger partial charge is 0.223 e. The van der Waals surface area contributed by atoms with Gasteiger partial charge in [0.1, 0.15) is 6.33 Å². The fraction of sp³-hybridized carbons (Fsp3) is 0.769. The maximum absolute atomic E-state index is 12.2. The average molecular weight is 263 g/mol. The average Bonchev–Trinajstić information content (AvgIpc) is 2.93. The summed E-state index contributed by atoms with van der Waals surface area (Å²) in [5.41, 5.74) is 0. The van der Waals surface area contributed by atoms with Crippen molar-refractivity contribution in [2.24, 2.45) is 0 Å². The van der Waals surface area contributed by atoms with Gasteiger partial charge in [0.25, 0.3) is 0 Å². The monoisotopic (exact) mass is 263 g/mol. The predicted molar refractivity (Wildman–Crippen MR) is 70.3 cm³/mol. The van der Waals surface area contributed by atoms with Gasteiger partial charge >= 0.3 is 0 Å². The van der Waals surface area contributed by atoms with Crippen LogP contribution in [0, 0.1) is 0 Å². The van der Waals surface area contributed by atoms with Crippen molar-refractivity contribution in [2.45, 2.75) is 51.2 Å². The van der Waals surface area contributed by atoms with E-state index < -0.39 is 0 Å². The van der Waals surface area contributed by atoms with Crippen molar-refractivity contribution >= 4 is 5.91 Å². The Hall–Kier alpha value is -1.43. The highest BCUT2D eigenvalue weighted by molar-refractivity contribution is 5.76. The summed E-state index contributed by atoms with van der Waals surface area (Å²) in [5.74, 6) is 1.15. The maximum Gasteiger partial charge on any atom is 0.223 e. The van der Waals surface area contributed by atoms with Crippen LogP contribution in [0.15, 0.2) is 6.33 Å². The van der Waals surface area contributed by atoms with Gasteiger partial charge in [-0.3, -0.25) is 4.79 Å². The topological polar surface area (TPSA) is 63.1 Å². The van der Waals surface area contributed by atoms with Crippen LogP contribution < -0.4 is 5.32 Å². The SMILES string of the molecule is O=C(CCC1CCCCN1)N1CCn2cnnc2C1. The molecular weight excluding hydrogens is 242 g/mol. The molecule has 0 aliphatic carbocycles. The van der Waals surface area contributed by atoms with Crippen molar-refractivity contribution in [1.29, 1.82) is 0 Å². The lowest BCUT2D eigenvalue weighted by Gasteiger charge is -2.28. The predicted octanol–water partition coefficient (Wildman–Crippen LogP) is 0.543. The molecule has 1 atom stereocenters. The number of hydrogen-bond donors (Lipinski definition) is 1. The molecule has 1 aromatic rings. The Labute approximate surface area is 113 Å². The highest BCUT2D eigenvalue weighted by atomic mass is 16.2. The van der Waals surface area contributed by atoms with E-state index in [0.29, 0.717) is 19.0 Å². The minimum Gasteiger partial charge on any atom is -0.333 e. The normalized spacial score (nSPS) is 23.2. The van der Waals surface area contributed by atoms with E-state index in [1.165, 1.54) is 19.3 Å². The number of rotatable bonds is 3. The maximum atomic E-state index is 12.2. The van der Waals surface area contributed by atoms with Crippen LogP contribution >= 0.6 is 0 Å². The zero-order valence-electron chi connectivity index (χ0n) is 11.2. The van der Waals surface area contributed by atoms with E-state index in [0.717, 1.165) is 31.9 Å². The minimum absolute atomic E-state index is 0.252. The van der Waals surface area contributed by atoms with Crippen LogP contribution in [0.1, 0.15) is 37.9 Å². The van der Waals surface area contributed by atoms with Crippen LogP contribution in [0.5, 0.6) is 0 Å². The molecule has 6 heteroatoms. The Morgan fingerprint density at radius 3 is 3.21 bits per heavy atom. The number of nitrogens with zero attached hydrogens (tertiary/aromatic N) is 4. The van der Waals surface area contributed by atoms with Crippen LogP contribution in [0.4, 0.5) is 0 Å². The van der Waals surface area contributed by atoms with E-state index in [4.69, 9.17) is 0 Å². The first-order valence-corrected chi connectivity index (χ1v) is 7.21. The number of hydrogen-bond acceptors (Lipinski definition) is 4. The van der Waals surface area contributed by atoms with Gasteiger partial charge in [0.05, 0.1) is 6.54 Å². The molecule has 1 saturated heterocycles. The zero-order chi connectivity index (χ0) is 13.1. The number of piperidine rings is 1. The van der Waals surface area contributed by atoms with E-state index in [1.807, 2.05) is 9.47 Å². The van der Waals surface area contributed by atoms with Crippen molar-refractivity contribution < 1.29 is 4.79 Å². The van der Waals surface area contributed by atoms with Crippen molar-refractivity contribution in [3.63, 3.8) is 0 Å². The Bertz CT molecular complexity index is 438. The third-order valence-electron chi connectivity index (χ3n) is 4.11. The lowest BCUT2D eigenvalue weighted by atomic mass is 10.0. The van der Waals surface area contributed by atoms with Crippen LogP contribution in [0.25, 0.3) is 0 Å². The minimum atomic E-state index is 0.252. The van der Waals surface area contributed by atoms with Gasteiger partial charge in [-0.2, -0.15) is 0 Å². The van der Waals surface area contributed by atoms with Crippen LogP contribution in [-0.2, 0) is 17.9 Å². The largest absolute Gasteiger partial charge is 0.333 e. The Kier molecular flexibility index (Phi) is 3.77. The molecule has 0 aromatic carbocycles. The molecular formula is C13H21N5O. The molecule has 3 heterocycles. The molecule has 1 unspecified atom stereocenters. The van der Waals surface area contributed by atoms with Gasteiger partial charge in [-0.15, -0.1) is 10.2 Å². The second kappa shape index (κ2) is 5.69. The molecule has 1 fully saturated rings. The van der Waals surface area contributed by atoms with Gasteiger partial charge in [-0.25, -0.2) is 0 Å².